The van der Waals surface area contributed by atoms with Crippen molar-refractivity contribution in [2.24, 2.45) is 17.4 Å². The first-order chi connectivity index (χ1) is 19.7. The summed E-state index contributed by atoms with van der Waals surface area (Å²) < 4.78 is 35.6. The number of rotatable bonds is 12. The van der Waals surface area contributed by atoms with Crippen LogP contribution in [0.3, 0.4) is 0 Å². The predicted octanol–water partition coefficient (Wildman–Crippen LogP) is 3.51. The minimum absolute atomic E-state index is 0.0702. The summed E-state index contributed by atoms with van der Waals surface area (Å²) in [4.78, 5) is 15.6. The third-order valence-corrected chi connectivity index (χ3v) is 8.89. The molecule has 1 fully saturated rings. The van der Waals surface area contributed by atoms with Crippen molar-refractivity contribution in [3.8, 4) is 16.9 Å². The number of hydrogen-bond donors (Lipinski definition) is 4. The van der Waals surface area contributed by atoms with Crippen LogP contribution in [-0.4, -0.2) is 57.3 Å². The molecule has 218 valence electrons. The molecule has 0 saturated carbocycles. The first kappa shape index (κ1) is 30.2. The molecule has 0 radical (unpaired) electrons. The zero-order valence-electron chi connectivity index (χ0n) is 23.4. The van der Waals surface area contributed by atoms with Crippen LogP contribution in [-0.2, 0) is 21.2 Å². The highest BCUT2D eigenvalue weighted by Gasteiger charge is 2.32. The highest BCUT2D eigenvalue weighted by Crippen LogP contribution is 2.26. The number of nitrogen functional groups attached to an aromatic ring is 1. The summed E-state index contributed by atoms with van der Waals surface area (Å²) in [5.74, 6) is 0.847. The Labute approximate surface area is 242 Å². The van der Waals surface area contributed by atoms with Gasteiger partial charge >= 0.3 is 0 Å². The van der Waals surface area contributed by atoms with E-state index in [0.717, 1.165) is 36.1 Å². The van der Waals surface area contributed by atoms with Crippen LogP contribution in [0.25, 0.3) is 11.1 Å². The van der Waals surface area contributed by atoms with E-state index < -0.39 is 16.1 Å². The standard InChI is InChI=1S/C31H39N5O4S/c1-2-40-27-11-9-24(10-12-27)25-6-4-8-28(21-25)41(38,39)35-29(20-23-5-3-7-26(19-23)30(33)34)31(37)36-17-14-22(13-16-32)15-18-36/h3-12,19,21-22,29,35H,2,13-18,20,32H2,1H3,(H3,33,34)/t29-/m1/s1. The molecule has 1 heterocycles. The van der Waals surface area contributed by atoms with Crippen molar-refractivity contribution in [2.45, 2.75) is 43.5 Å². The van der Waals surface area contributed by atoms with Gasteiger partial charge in [-0.3, -0.25) is 10.2 Å². The number of piperidine rings is 1. The average molecular weight is 578 g/mol. The van der Waals surface area contributed by atoms with Crippen molar-refractivity contribution >= 4 is 21.8 Å². The maximum absolute atomic E-state index is 13.8. The third-order valence-electron chi connectivity index (χ3n) is 7.42. The van der Waals surface area contributed by atoms with E-state index in [4.69, 9.17) is 21.6 Å². The maximum atomic E-state index is 13.8. The Bertz CT molecular complexity index is 1450. The number of benzene rings is 3. The summed E-state index contributed by atoms with van der Waals surface area (Å²) in [7, 11) is -4.06. The highest BCUT2D eigenvalue weighted by atomic mass is 32.2. The Hall–Kier alpha value is -3.73. The molecule has 4 rings (SSSR count). The van der Waals surface area contributed by atoms with Crippen LogP contribution in [0.4, 0.5) is 0 Å². The minimum Gasteiger partial charge on any atom is -0.494 e. The van der Waals surface area contributed by atoms with E-state index >= 15 is 0 Å². The summed E-state index contributed by atoms with van der Waals surface area (Å²) in [6.07, 6.45) is 2.72. The summed E-state index contributed by atoms with van der Waals surface area (Å²) in [6, 6.07) is 20.1. The predicted molar refractivity (Wildman–Crippen MR) is 161 cm³/mol. The van der Waals surface area contributed by atoms with Gasteiger partial charge in [0.2, 0.25) is 15.9 Å². The van der Waals surface area contributed by atoms with Crippen LogP contribution in [0.1, 0.15) is 37.3 Å². The van der Waals surface area contributed by atoms with E-state index in [1.54, 1.807) is 41.3 Å². The zero-order chi connectivity index (χ0) is 29.4. The summed E-state index contributed by atoms with van der Waals surface area (Å²) in [6.45, 7) is 4.20. The van der Waals surface area contributed by atoms with Crippen LogP contribution in [0.2, 0.25) is 0 Å². The number of nitrogens with two attached hydrogens (primary N) is 2. The van der Waals surface area contributed by atoms with Crippen LogP contribution in [0, 0.1) is 11.3 Å². The molecular weight excluding hydrogens is 538 g/mol. The first-order valence-electron chi connectivity index (χ1n) is 14.0. The Morgan fingerprint density at radius 2 is 1.76 bits per heavy atom. The molecule has 1 atom stereocenters. The molecule has 0 spiro atoms. The van der Waals surface area contributed by atoms with E-state index in [-0.39, 0.29) is 23.1 Å². The summed E-state index contributed by atoms with van der Waals surface area (Å²) in [5, 5.41) is 7.77. The third kappa shape index (κ3) is 7.93. The second-order valence-electron chi connectivity index (χ2n) is 10.3. The second kappa shape index (κ2) is 13.8. The molecule has 1 saturated heterocycles. The fraction of sp³-hybridized carbons (Fsp3) is 0.355. The molecule has 0 unspecified atom stereocenters. The number of amidine groups is 1. The lowest BCUT2D eigenvalue weighted by Crippen LogP contribution is -2.51. The monoisotopic (exact) mass is 577 g/mol. The lowest BCUT2D eigenvalue weighted by Gasteiger charge is -2.34. The largest absolute Gasteiger partial charge is 0.494 e. The molecule has 0 bridgehead atoms. The zero-order valence-corrected chi connectivity index (χ0v) is 24.2. The molecule has 9 nitrogen and oxygen atoms in total. The number of nitrogens with zero attached hydrogens (tertiary/aromatic N) is 1. The Morgan fingerprint density at radius 1 is 1.05 bits per heavy atom. The van der Waals surface area contributed by atoms with E-state index in [0.29, 0.717) is 43.3 Å². The maximum Gasteiger partial charge on any atom is 0.241 e. The van der Waals surface area contributed by atoms with Crippen LogP contribution >= 0.6 is 0 Å². The van der Waals surface area contributed by atoms with Gasteiger partial charge in [0.05, 0.1) is 11.5 Å². The van der Waals surface area contributed by atoms with Crippen molar-refractivity contribution in [2.75, 3.05) is 26.2 Å². The molecule has 6 N–H and O–H groups in total. The van der Waals surface area contributed by atoms with Crippen LogP contribution in [0.5, 0.6) is 5.75 Å². The number of hydrogen-bond acceptors (Lipinski definition) is 6. The number of likely N-dealkylation sites (tertiary alicyclic amines) is 1. The fourth-order valence-electron chi connectivity index (χ4n) is 5.19. The van der Waals surface area contributed by atoms with Gasteiger partial charge in [0.15, 0.2) is 0 Å². The molecule has 1 aliphatic heterocycles. The Balaban J connectivity index is 1.59. The SMILES string of the molecule is CCOc1ccc(-c2cccc(S(=O)(=O)N[C@H](Cc3cccc(C(=N)N)c3)C(=O)N3CCC(CCN)CC3)c2)cc1. The lowest BCUT2D eigenvalue weighted by molar-refractivity contribution is -0.134. The number of carbonyl (C=O) groups is 1. The summed E-state index contributed by atoms with van der Waals surface area (Å²) >= 11 is 0. The number of amides is 1. The van der Waals surface area contributed by atoms with Gasteiger partial charge in [-0.15, -0.1) is 0 Å². The number of ether oxygens (including phenoxy) is 1. The molecule has 1 amide bonds. The normalized spacial score (nSPS) is 14.9. The highest BCUT2D eigenvalue weighted by molar-refractivity contribution is 7.89. The van der Waals surface area contributed by atoms with Gasteiger partial charge in [0, 0.05) is 18.7 Å². The van der Waals surface area contributed by atoms with Gasteiger partial charge in [0.1, 0.15) is 17.6 Å². The van der Waals surface area contributed by atoms with Crippen molar-refractivity contribution < 1.29 is 17.9 Å². The van der Waals surface area contributed by atoms with Crippen molar-refractivity contribution in [1.29, 1.82) is 5.41 Å². The van der Waals surface area contributed by atoms with Crippen molar-refractivity contribution in [3.05, 3.63) is 83.9 Å². The van der Waals surface area contributed by atoms with Gasteiger partial charge in [-0.25, -0.2) is 8.42 Å². The smallest absolute Gasteiger partial charge is 0.241 e. The molecule has 3 aromatic carbocycles. The van der Waals surface area contributed by atoms with E-state index in [1.165, 1.54) is 6.07 Å². The van der Waals surface area contributed by atoms with Crippen LogP contribution in [0.15, 0.2) is 77.7 Å². The molecular formula is C31H39N5O4S. The molecule has 1 aliphatic rings. The van der Waals surface area contributed by atoms with Crippen molar-refractivity contribution in [1.82, 2.24) is 9.62 Å². The van der Waals surface area contributed by atoms with Gasteiger partial charge in [-0.2, -0.15) is 4.72 Å². The van der Waals surface area contributed by atoms with E-state index in [1.807, 2.05) is 37.3 Å². The number of nitrogens with one attached hydrogen (secondary N) is 2. The summed E-state index contributed by atoms with van der Waals surface area (Å²) in [5.41, 5.74) is 14.2. The van der Waals surface area contributed by atoms with E-state index in [9.17, 15) is 13.2 Å². The quantitative estimate of drug-likeness (QED) is 0.191. The van der Waals surface area contributed by atoms with Gasteiger partial charge in [0.25, 0.3) is 0 Å². The minimum atomic E-state index is -4.06. The van der Waals surface area contributed by atoms with E-state index in [2.05, 4.69) is 4.72 Å². The Kier molecular flexibility index (Phi) is 10.1. The van der Waals surface area contributed by atoms with Gasteiger partial charge < -0.3 is 21.1 Å². The first-order valence-corrected chi connectivity index (χ1v) is 15.5. The van der Waals surface area contributed by atoms with Gasteiger partial charge in [-0.1, -0.05) is 42.5 Å². The molecule has 0 aromatic heterocycles. The number of sulfonamides is 1. The molecule has 41 heavy (non-hydrogen) atoms. The second-order valence-corrected chi connectivity index (χ2v) is 12.0. The van der Waals surface area contributed by atoms with Gasteiger partial charge in [-0.05, 0) is 92.1 Å². The van der Waals surface area contributed by atoms with Crippen LogP contribution < -0.4 is 20.9 Å². The topological polar surface area (TPSA) is 152 Å². The Morgan fingerprint density at radius 3 is 2.41 bits per heavy atom. The average Bonchev–Trinajstić information content (AvgIpc) is 2.98. The molecule has 0 aliphatic carbocycles. The fourth-order valence-corrected chi connectivity index (χ4v) is 6.42. The number of carbonyl (C=O) groups excluding carboxylic acids is 1. The molecule has 10 heteroatoms. The lowest BCUT2D eigenvalue weighted by atomic mass is 9.93. The van der Waals surface area contributed by atoms with Crippen molar-refractivity contribution in [3.63, 3.8) is 0 Å². The molecule has 3 aromatic rings.